The van der Waals surface area contributed by atoms with E-state index in [1.54, 1.807) is 6.07 Å². The highest BCUT2D eigenvalue weighted by molar-refractivity contribution is 5.37. The second-order valence-electron chi connectivity index (χ2n) is 4.39. The van der Waals surface area contributed by atoms with Crippen LogP contribution >= 0.6 is 0 Å². The van der Waals surface area contributed by atoms with Gasteiger partial charge in [-0.2, -0.15) is 0 Å². The number of aromatic nitrogens is 2. The van der Waals surface area contributed by atoms with Crippen LogP contribution in [0.2, 0.25) is 0 Å². The minimum absolute atomic E-state index is 0.168. The van der Waals surface area contributed by atoms with E-state index in [1.165, 1.54) is 6.33 Å². The number of hydrogen-bond donors (Lipinski definition) is 2. The first-order valence-electron chi connectivity index (χ1n) is 6.17. The minimum atomic E-state index is -0.837. The molecular weight excluding hydrogens is 234 g/mol. The molecule has 1 aromatic heterocycles. The third-order valence-corrected chi connectivity index (χ3v) is 3.17. The molecule has 1 aliphatic heterocycles. The van der Waals surface area contributed by atoms with Gasteiger partial charge in [0.25, 0.3) is 0 Å². The third-order valence-electron chi connectivity index (χ3n) is 3.17. The summed E-state index contributed by atoms with van der Waals surface area (Å²) < 4.78 is 10.7. The Morgan fingerprint density at radius 1 is 1.61 bits per heavy atom. The molecule has 6 nitrogen and oxygen atoms in total. The lowest BCUT2D eigenvalue weighted by Gasteiger charge is -2.26. The van der Waals surface area contributed by atoms with E-state index < -0.39 is 5.60 Å². The van der Waals surface area contributed by atoms with E-state index in [0.717, 1.165) is 0 Å². The van der Waals surface area contributed by atoms with Crippen LogP contribution in [0.25, 0.3) is 0 Å². The normalized spacial score (nSPS) is 27.2. The monoisotopic (exact) mass is 253 g/mol. The Morgan fingerprint density at radius 2 is 2.44 bits per heavy atom. The first-order chi connectivity index (χ1) is 8.64. The summed E-state index contributed by atoms with van der Waals surface area (Å²) >= 11 is 0. The fraction of sp³-hybridized carbons (Fsp3) is 0.667. The molecule has 0 bridgehead atoms. The van der Waals surface area contributed by atoms with Gasteiger partial charge in [0.05, 0.1) is 12.7 Å². The summed E-state index contributed by atoms with van der Waals surface area (Å²) in [4.78, 5) is 8.07. The van der Waals surface area contributed by atoms with E-state index in [9.17, 15) is 5.11 Å². The lowest BCUT2D eigenvalue weighted by atomic mass is 9.97. The highest BCUT2D eigenvalue weighted by atomic mass is 16.5. The van der Waals surface area contributed by atoms with E-state index in [-0.39, 0.29) is 6.10 Å². The number of ether oxygens (including phenoxy) is 2. The standard InChI is InChI=1S/C12H19N3O3/c1-3-17-11-6-10(14-8-15-11)13-7-12(16)4-5-18-9(12)2/h6,8-9,16H,3-5,7H2,1-2H3,(H,13,14,15). The molecule has 0 saturated carbocycles. The van der Waals surface area contributed by atoms with Crippen molar-refractivity contribution in [3.05, 3.63) is 12.4 Å². The Morgan fingerprint density at radius 3 is 3.11 bits per heavy atom. The first-order valence-corrected chi connectivity index (χ1v) is 6.17. The second-order valence-corrected chi connectivity index (χ2v) is 4.39. The Labute approximate surface area is 106 Å². The summed E-state index contributed by atoms with van der Waals surface area (Å²) in [5.74, 6) is 1.17. The molecule has 2 rings (SSSR count). The van der Waals surface area contributed by atoms with Crippen LogP contribution in [0.3, 0.4) is 0 Å². The molecule has 0 radical (unpaired) electrons. The van der Waals surface area contributed by atoms with Crippen LogP contribution in [0.1, 0.15) is 20.3 Å². The van der Waals surface area contributed by atoms with Crippen LogP contribution in [0.4, 0.5) is 5.82 Å². The molecule has 1 saturated heterocycles. The molecule has 1 fully saturated rings. The van der Waals surface area contributed by atoms with Crippen LogP contribution in [0.5, 0.6) is 5.88 Å². The molecule has 0 spiro atoms. The van der Waals surface area contributed by atoms with Crippen molar-refractivity contribution in [2.75, 3.05) is 25.1 Å². The SMILES string of the molecule is CCOc1cc(NCC2(O)CCOC2C)ncn1. The molecule has 6 heteroatoms. The molecule has 100 valence electrons. The van der Waals surface area contributed by atoms with Crippen molar-refractivity contribution < 1.29 is 14.6 Å². The van der Waals surface area contributed by atoms with Gasteiger partial charge in [0.1, 0.15) is 17.7 Å². The maximum absolute atomic E-state index is 10.3. The van der Waals surface area contributed by atoms with Gasteiger partial charge in [0, 0.05) is 25.6 Å². The van der Waals surface area contributed by atoms with Crippen molar-refractivity contribution in [1.82, 2.24) is 9.97 Å². The number of nitrogens with one attached hydrogen (secondary N) is 1. The van der Waals surface area contributed by atoms with Crippen molar-refractivity contribution in [1.29, 1.82) is 0 Å². The van der Waals surface area contributed by atoms with Crippen molar-refractivity contribution >= 4 is 5.82 Å². The highest BCUT2D eigenvalue weighted by Gasteiger charge is 2.39. The van der Waals surface area contributed by atoms with E-state index in [2.05, 4.69) is 15.3 Å². The predicted octanol–water partition coefficient (Wildman–Crippen LogP) is 0.827. The Kier molecular flexibility index (Phi) is 3.98. The molecule has 2 atom stereocenters. The molecule has 0 amide bonds. The van der Waals surface area contributed by atoms with E-state index in [1.807, 2.05) is 13.8 Å². The van der Waals surface area contributed by atoms with Crippen LogP contribution in [-0.2, 0) is 4.74 Å². The molecule has 1 aromatic rings. The molecule has 2 heterocycles. The van der Waals surface area contributed by atoms with E-state index in [4.69, 9.17) is 9.47 Å². The second kappa shape index (κ2) is 5.49. The lowest BCUT2D eigenvalue weighted by Crippen LogP contribution is -2.43. The summed E-state index contributed by atoms with van der Waals surface area (Å²) in [6.45, 7) is 5.32. The van der Waals surface area contributed by atoms with Crippen LogP contribution in [0.15, 0.2) is 12.4 Å². The average molecular weight is 253 g/mol. The minimum Gasteiger partial charge on any atom is -0.478 e. The van der Waals surface area contributed by atoms with Crippen LogP contribution in [-0.4, -0.2) is 46.5 Å². The zero-order valence-electron chi connectivity index (χ0n) is 10.7. The quantitative estimate of drug-likeness (QED) is 0.809. The number of anilines is 1. The van der Waals surface area contributed by atoms with Crippen molar-refractivity contribution in [2.24, 2.45) is 0 Å². The lowest BCUT2D eigenvalue weighted by molar-refractivity contribution is -0.0176. The number of aliphatic hydroxyl groups is 1. The summed E-state index contributed by atoms with van der Waals surface area (Å²) in [5.41, 5.74) is -0.837. The van der Waals surface area contributed by atoms with Gasteiger partial charge in [-0.25, -0.2) is 9.97 Å². The number of nitrogens with zero attached hydrogens (tertiary/aromatic N) is 2. The average Bonchev–Trinajstić information content (AvgIpc) is 2.69. The maximum Gasteiger partial charge on any atom is 0.218 e. The van der Waals surface area contributed by atoms with Crippen LogP contribution < -0.4 is 10.1 Å². The van der Waals surface area contributed by atoms with Gasteiger partial charge in [0.15, 0.2) is 0 Å². The first kappa shape index (κ1) is 13.0. The van der Waals surface area contributed by atoms with Crippen molar-refractivity contribution in [2.45, 2.75) is 32.0 Å². The van der Waals surface area contributed by atoms with E-state index >= 15 is 0 Å². The topological polar surface area (TPSA) is 76.5 Å². The molecule has 2 N–H and O–H groups in total. The largest absolute Gasteiger partial charge is 0.478 e. The van der Waals surface area contributed by atoms with Gasteiger partial charge in [0.2, 0.25) is 5.88 Å². The summed E-state index contributed by atoms with van der Waals surface area (Å²) in [7, 11) is 0. The van der Waals surface area contributed by atoms with Crippen molar-refractivity contribution in [3.8, 4) is 5.88 Å². The Hall–Kier alpha value is -1.40. The molecule has 0 aliphatic carbocycles. The summed E-state index contributed by atoms with van der Waals surface area (Å²) in [6.07, 6.45) is 1.90. The van der Waals surface area contributed by atoms with Gasteiger partial charge >= 0.3 is 0 Å². The molecule has 0 aromatic carbocycles. The maximum atomic E-state index is 10.3. The van der Waals surface area contributed by atoms with Gasteiger partial charge in [-0.15, -0.1) is 0 Å². The third kappa shape index (κ3) is 2.88. The smallest absolute Gasteiger partial charge is 0.218 e. The van der Waals surface area contributed by atoms with Crippen molar-refractivity contribution in [3.63, 3.8) is 0 Å². The van der Waals surface area contributed by atoms with Gasteiger partial charge in [-0.1, -0.05) is 0 Å². The zero-order chi connectivity index (χ0) is 13.0. The van der Waals surface area contributed by atoms with Gasteiger partial charge in [-0.3, -0.25) is 0 Å². The predicted molar refractivity (Wildman–Crippen MR) is 66.7 cm³/mol. The highest BCUT2D eigenvalue weighted by Crippen LogP contribution is 2.26. The summed E-state index contributed by atoms with van der Waals surface area (Å²) in [5, 5.41) is 13.4. The zero-order valence-corrected chi connectivity index (χ0v) is 10.7. The fourth-order valence-corrected chi connectivity index (χ4v) is 1.91. The Bertz CT molecular complexity index is 402. The van der Waals surface area contributed by atoms with Gasteiger partial charge in [-0.05, 0) is 13.8 Å². The Balaban J connectivity index is 1.95. The summed E-state index contributed by atoms with van der Waals surface area (Å²) in [6, 6.07) is 1.72. The molecule has 18 heavy (non-hydrogen) atoms. The number of hydrogen-bond acceptors (Lipinski definition) is 6. The molecular formula is C12H19N3O3. The van der Waals surface area contributed by atoms with Gasteiger partial charge < -0.3 is 19.9 Å². The number of rotatable bonds is 5. The molecule has 2 unspecified atom stereocenters. The molecule has 1 aliphatic rings. The van der Waals surface area contributed by atoms with E-state index in [0.29, 0.717) is 37.9 Å². The fourth-order valence-electron chi connectivity index (χ4n) is 1.91. The van der Waals surface area contributed by atoms with Crippen LogP contribution in [0, 0.1) is 0 Å².